The number of carboxylic acids is 1. The first-order valence-electron chi connectivity index (χ1n) is 6.40. The molecule has 0 spiro atoms. The van der Waals surface area contributed by atoms with E-state index >= 15 is 0 Å². The van der Waals surface area contributed by atoms with Crippen LogP contribution in [0.15, 0.2) is 34.7 Å². The highest BCUT2D eigenvalue weighted by Gasteiger charge is 2.14. The molecule has 0 saturated carbocycles. The Hall–Kier alpha value is -1.98. The number of aryl methyl sites for hydroxylation is 1. The highest BCUT2D eigenvalue weighted by Crippen LogP contribution is 2.22. The zero-order valence-electron chi connectivity index (χ0n) is 11.5. The number of carboxylic acid groups (broad SMARTS) is 1. The lowest BCUT2D eigenvalue weighted by Gasteiger charge is -2.06. The second kappa shape index (κ2) is 6.65. The van der Waals surface area contributed by atoms with Gasteiger partial charge in [-0.1, -0.05) is 11.6 Å². The molecule has 0 amide bonds. The summed E-state index contributed by atoms with van der Waals surface area (Å²) >= 11 is 5.94. The van der Waals surface area contributed by atoms with Gasteiger partial charge in [0.15, 0.2) is 0 Å². The van der Waals surface area contributed by atoms with Gasteiger partial charge in [0.05, 0.1) is 0 Å². The molecular formula is C15H16ClNO4. The van der Waals surface area contributed by atoms with Crippen LogP contribution in [0.5, 0.6) is 5.75 Å². The van der Waals surface area contributed by atoms with Crippen LogP contribution < -0.4 is 10.5 Å². The molecule has 5 nitrogen and oxygen atoms in total. The Morgan fingerprint density at radius 1 is 1.38 bits per heavy atom. The summed E-state index contributed by atoms with van der Waals surface area (Å²) in [7, 11) is 0. The van der Waals surface area contributed by atoms with E-state index < -0.39 is 12.0 Å². The lowest BCUT2D eigenvalue weighted by molar-refractivity contribution is -0.138. The normalized spacial score (nSPS) is 12.1. The maximum Gasteiger partial charge on any atom is 0.320 e. The summed E-state index contributed by atoms with van der Waals surface area (Å²) in [6.45, 7) is 2.15. The van der Waals surface area contributed by atoms with E-state index in [0.717, 1.165) is 5.56 Å². The first kappa shape index (κ1) is 15.4. The Kier molecular flexibility index (Phi) is 4.88. The fourth-order valence-corrected chi connectivity index (χ4v) is 1.89. The molecule has 0 bridgehead atoms. The molecule has 1 aromatic heterocycles. The van der Waals surface area contributed by atoms with Gasteiger partial charge in [-0.05, 0) is 42.8 Å². The largest absolute Gasteiger partial charge is 0.486 e. The summed E-state index contributed by atoms with van der Waals surface area (Å²) < 4.78 is 11.1. The number of furan rings is 1. The van der Waals surface area contributed by atoms with Crippen molar-refractivity contribution in [1.29, 1.82) is 0 Å². The quantitative estimate of drug-likeness (QED) is 0.857. The van der Waals surface area contributed by atoms with Gasteiger partial charge in [-0.15, -0.1) is 0 Å². The summed E-state index contributed by atoms with van der Waals surface area (Å²) in [5.41, 5.74) is 6.38. The number of carbonyl (C=O) groups is 1. The Bertz CT molecular complexity index is 638. The van der Waals surface area contributed by atoms with Crippen LogP contribution in [0.4, 0.5) is 0 Å². The van der Waals surface area contributed by atoms with Crippen LogP contribution in [0.25, 0.3) is 0 Å². The van der Waals surface area contributed by atoms with Crippen LogP contribution in [0.1, 0.15) is 17.1 Å². The van der Waals surface area contributed by atoms with Crippen molar-refractivity contribution < 1.29 is 19.1 Å². The van der Waals surface area contributed by atoms with Gasteiger partial charge >= 0.3 is 5.97 Å². The van der Waals surface area contributed by atoms with E-state index in [1.807, 2.05) is 13.0 Å². The molecule has 0 aliphatic rings. The number of ether oxygens (including phenoxy) is 1. The molecule has 112 valence electrons. The van der Waals surface area contributed by atoms with Gasteiger partial charge in [0, 0.05) is 11.4 Å². The third-order valence-corrected chi connectivity index (χ3v) is 3.39. The molecular weight excluding hydrogens is 294 g/mol. The third-order valence-electron chi connectivity index (χ3n) is 2.97. The molecule has 0 radical (unpaired) electrons. The van der Waals surface area contributed by atoms with Crippen molar-refractivity contribution in [3.05, 3.63) is 52.4 Å². The molecule has 1 aromatic carbocycles. The second-order valence-corrected chi connectivity index (χ2v) is 5.12. The van der Waals surface area contributed by atoms with Crippen molar-refractivity contribution in [1.82, 2.24) is 0 Å². The zero-order chi connectivity index (χ0) is 15.4. The highest BCUT2D eigenvalue weighted by atomic mass is 35.5. The zero-order valence-corrected chi connectivity index (χ0v) is 12.3. The molecule has 2 rings (SSSR count). The maximum absolute atomic E-state index is 10.7. The SMILES string of the molecule is Cc1cc(OCc2ccc(CC(N)C(=O)O)o2)ccc1Cl. The minimum Gasteiger partial charge on any atom is -0.486 e. The third kappa shape index (κ3) is 4.24. The van der Waals surface area contributed by atoms with E-state index in [1.54, 1.807) is 24.3 Å². The van der Waals surface area contributed by atoms with Gasteiger partial charge < -0.3 is 20.0 Å². The number of hydrogen-bond acceptors (Lipinski definition) is 4. The van der Waals surface area contributed by atoms with E-state index in [0.29, 0.717) is 22.3 Å². The van der Waals surface area contributed by atoms with Gasteiger partial charge in [-0.2, -0.15) is 0 Å². The molecule has 0 aliphatic heterocycles. The average molecular weight is 310 g/mol. The summed E-state index contributed by atoms with van der Waals surface area (Å²) in [4.78, 5) is 10.7. The van der Waals surface area contributed by atoms with Gasteiger partial charge in [-0.25, -0.2) is 0 Å². The number of aliphatic carboxylic acids is 1. The predicted octanol–water partition coefficient (Wildman–Crippen LogP) is 2.77. The Morgan fingerprint density at radius 2 is 2.10 bits per heavy atom. The van der Waals surface area contributed by atoms with Crippen LogP contribution in [0.2, 0.25) is 5.02 Å². The maximum atomic E-state index is 10.7. The number of nitrogens with two attached hydrogens (primary N) is 1. The van der Waals surface area contributed by atoms with Gasteiger partial charge in [0.25, 0.3) is 0 Å². The van der Waals surface area contributed by atoms with Gasteiger partial charge in [-0.3, -0.25) is 4.79 Å². The molecule has 6 heteroatoms. The molecule has 1 atom stereocenters. The predicted molar refractivity (Wildman–Crippen MR) is 78.5 cm³/mol. The van der Waals surface area contributed by atoms with Crippen LogP contribution in [-0.4, -0.2) is 17.1 Å². The second-order valence-electron chi connectivity index (χ2n) is 4.72. The Morgan fingerprint density at radius 3 is 2.76 bits per heavy atom. The van der Waals surface area contributed by atoms with Crippen molar-refractivity contribution >= 4 is 17.6 Å². The van der Waals surface area contributed by atoms with Gasteiger partial charge in [0.1, 0.15) is 29.9 Å². The van der Waals surface area contributed by atoms with Crippen molar-refractivity contribution in [3.63, 3.8) is 0 Å². The van der Waals surface area contributed by atoms with Crippen LogP contribution in [0, 0.1) is 6.92 Å². The average Bonchev–Trinajstić information content (AvgIpc) is 2.87. The number of hydrogen-bond donors (Lipinski definition) is 2. The minimum absolute atomic E-state index is 0.148. The van der Waals surface area contributed by atoms with Crippen LogP contribution >= 0.6 is 11.6 Å². The molecule has 1 unspecified atom stereocenters. The van der Waals surface area contributed by atoms with E-state index in [4.69, 9.17) is 31.6 Å². The number of halogens is 1. The molecule has 0 aliphatic carbocycles. The minimum atomic E-state index is -1.05. The van der Waals surface area contributed by atoms with Crippen LogP contribution in [-0.2, 0) is 17.8 Å². The highest BCUT2D eigenvalue weighted by molar-refractivity contribution is 6.31. The molecule has 0 fully saturated rings. The molecule has 0 saturated heterocycles. The summed E-state index contributed by atoms with van der Waals surface area (Å²) in [5.74, 6) is 0.768. The number of benzene rings is 1. The molecule has 1 heterocycles. The summed E-state index contributed by atoms with van der Waals surface area (Å²) in [5, 5.41) is 9.43. The van der Waals surface area contributed by atoms with E-state index in [9.17, 15) is 4.79 Å². The van der Waals surface area contributed by atoms with Crippen LogP contribution in [0.3, 0.4) is 0 Å². The Balaban J connectivity index is 1.93. The smallest absolute Gasteiger partial charge is 0.320 e. The van der Waals surface area contributed by atoms with Crippen molar-refractivity contribution in [3.8, 4) is 5.75 Å². The lowest BCUT2D eigenvalue weighted by atomic mass is 10.2. The van der Waals surface area contributed by atoms with Crippen molar-refractivity contribution in [2.24, 2.45) is 5.73 Å². The van der Waals surface area contributed by atoms with E-state index in [1.165, 1.54) is 0 Å². The number of rotatable bonds is 6. The van der Waals surface area contributed by atoms with Gasteiger partial charge in [0.2, 0.25) is 0 Å². The molecule has 2 aromatic rings. The lowest BCUT2D eigenvalue weighted by Crippen LogP contribution is -2.32. The fourth-order valence-electron chi connectivity index (χ4n) is 1.78. The molecule has 21 heavy (non-hydrogen) atoms. The van der Waals surface area contributed by atoms with E-state index in [-0.39, 0.29) is 13.0 Å². The summed E-state index contributed by atoms with van der Waals surface area (Å²) in [6.07, 6.45) is 0.148. The molecule has 3 N–H and O–H groups in total. The van der Waals surface area contributed by atoms with E-state index in [2.05, 4.69) is 0 Å². The standard InChI is InChI=1S/C15H16ClNO4/c1-9-6-10(4-5-13(9)16)20-8-12-3-2-11(21-12)7-14(17)15(18)19/h2-6,14H,7-8,17H2,1H3,(H,18,19). The fraction of sp³-hybridized carbons (Fsp3) is 0.267. The summed E-state index contributed by atoms with van der Waals surface area (Å²) in [6, 6.07) is 7.86. The van der Waals surface area contributed by atoms with Crippen molar-refractivity contribution in [2.75, 3.05) is 0 Å². The topological polar surface area (TPSA) is 85.7 Å². The monoisotopic (exact) mass is 309 g/mol. The first-order chi connectivity index (χ1) is 9.95. The Labute approximate surface area is 127 Å². The van der Waals surface area contributed by atoms with Crippen molar-refractivity contribution in [2.45, 2.75) is 26.0 Å². The first-order valence-corrected chi connectivity index (χ1v) is 6.78.